The van der Waals surface area contributed by atoms with Crippen LogP contribution >= 0.6 is 0 Å². The zero-order valence-corrected chi connectivity index (χ0v) is 31.7. The van der Waals surface area contributed by atoms with Gasteiger partial charge in [-0.15, -0.1) is 0 Å². The van der Waals surface area contributed by atoms with E-state index in [2.05, 4.69) is 217 Å². The molecule has 58 heavy (non-hydrogen) atoms. The Morgan fingerprint density at radius 3 is 1.57 bits per heavy atom. The molecule has 2 nitrogen and oxygen atoms in total. The molecule has 2 heteroatoms. The first-order chi connectivity index (χ1) is 28.8. The second-order valence-electron chi connectivity index (χ2n) is 14.8. The first kappa shape index (κ1) is 33.6. The lowest BCUT2D eigenvalue weighted by Gasteiger charge is -2.29. The largest absolute Gasteiger partial charge is 0.456 e. The highest BCUT2D eigenvalue weighted by molar-refractivity contribution is 6.14. The molecule has 0 unspecified atom stereocenters. The average Bonchev–Trinajstić information content (AvgIpc) is 3.68. The first-order valence-electron chi connectivity index (χ1n) is 19.8. The van der Waals surface area contributed by atoms with E-state index in [0.29, 0.717) is 0 Å². The second-order valence-corrected chi connectivity index (χ2v) is 14.8. The summed E-state index contributed by atoms with van der Waals surface area (Å²) in [5, 5.41) is 7.23. The topological polar surface area (TPSA) is 16.4 Å². The third-order valence-corrected chi connectivity index (χ3v) is 11.5. The van der Waals surface area contributed by atoms with E-state index in [1.54, 1.807) is 0 Å². The summed E-state index contributed by atoms with van der Waals surface area (Å²) in [6.07, 6.45) is 0. The number of rotatable bonds is 7. The van der Waals surface area contributed by atoms with Crippen molar-refractivity contribution in [3.05, 3.63) is 224 Å². The molecule has 1 aromatic heterocycles. The zero-order chi connectivity index (χ0) is 38.4. The zero-order valence-electron chi connectivity index (χ0n) is 31.7. The van der Waals surface area contributed by atoms with Gasteiger partial charge < -0.3 is 9.32 Å². The Morgan fingerprint density at radius 2 is 0.793 bits per heavy atom. The standard InChI is InChI=1S/C56H37NO/c1-2-16-38(17-3-1)43-19-6-7-21-45(43)47-23-9-10-24-48(47)50-26-12-14-28-54(50)57(42-34-35-56-53(37-42)51-27-13-15-29-55(51)58-56)41-32-30-39(31-33-41)52-36-40-18-4-5-20-44(40)46-22-8-11-25-49(46)52/h1-37H. The molecule has 11 rings (SSSR count). The number of nitrogens with zero attached hydrogens (tertiary/aromatic N) is 1. The van der Waals surface area contributed by atoms with Gasteiger partial charge in [0.15, 0.2) is 0 Å². The Labute approximate surface area is 337 Å². The predicted octanol–water partition coefficient (Wildman–Crippen LogP) is 16.0. The molecule has 0 saturated carbocycles. The number of furan rings is 1. The normalized spacial score (nSPS) is 11.4. The molecule has 0 atom stereocenters. The van der Waals surface area contributed by atoms with Crippen molar-refractivity contribution in [2.24, 2.45) is 0 Å². The maximum atomic E-state index is 6.32. The summed E-state index contributed by atoms with van der Waals surface area (Å²) in [6, 6.07) is 80.8. The van der Waals surface area contributed by atoms with Gasteiger partial charge in [-0.2, -0.15) is 0 Å². The van der Waals surface area contributed by atoms with E-state index in [1.807, 2.05) is 12.1 Å². The molecular weight excluding hydrogens is 703 g/mol. The van der Waals surface area contributed by atoms with Crippen molar-refractivity contribution >= 4 is 60.5 Å². The summed E-state index contributed by atoms with van der Waals surface area (Å²) in [6.45, 7) is 0. The highest BCUT2D eigenvalue weighted by atomic mass is 16.3. The first-order valence-corrected chi connectivity index (χ1v) is 19.8. The molecule has 0 spiro atoms. The molecule has 0 amide bonds. The lowest BCUT2D eigenvalue weighted by Crippen LogP contribution is -2.11. The van der Waals surface area contributed by atoms with Crippen LogP contribution in [0.4, 0.5) is 17.1 Å². The van der Waals surface area contributed by atoms with Crippen molar-refractivity contribution < 1.29 is 4.42 Å². The summed E-state index contributed by atoms with van der Waals surface area (Å²) < 4.78 is 6.32. The van der Waals surface area contributed by atoms with Gasteiger partial charge in [0.05, 0.1) is 5.69 Å². The smallest absolute Gasteiger partial charge is 0.135 e. The Hall–Kier alpha value is -7.68. The average molecular weight is 740 g/mol. The second kappa shape index (κ2) is 14.1. The number of hydrogen-bond acceptors (Lipinski definition) is 2. The molecule has 0 aliphatic rings. The Bertz CT molecular complexity index is 3290. The van der Waals surface area contributed by atoms with Gasteiger partial charge in [-0.05, 0) is 109 Å². The van der Waals surface area contributed by atoms with Crippen LogP contribution in [0.15, 0.2) is 229 Å². The fourth-order valence-electron chi connectivity index (χ4n) is 8.80. The Balaban J connectivity index is 1.11. The van der Waals surface area contributed by atoms with Crippen LogP contribution in [0.2, 0.25) is 0 Å². The molecule has 272 valence electrons. The van der Waals surface area contributed by atoms with E-state index in [9.17, 15) is 0 Å². The van der Waals surface area contributed by atoms with E-state index in [0.717, 1.165) is 44.6 Å². The highest BCUT2D eigenvalue weighted by Crippen LogP contribution is 2.46. The summed E-state index contributed by atoms with van der Waals surface area (Å²) in [5.41, 5.74) is 14.5. The third kappa shape index (κ3) is 5.74. The fourth-order valence-corrected chi connectivity index (χ4v) is 8.80. The number of para-hydroxylation sites is 2. The molecule has 0 saturated heterocycles. The Morgan fingerprint density at radius 1 is 0.276 bits per heavy atom. The van der Waals surface area contributed by atoms with Gasteiger partial charge in [0.25, 0.3) is 0 Å². The molecule has 11 aromatic rings. The fraction of sp³-hybridized carbons (Fsp3) is 0. The molecule has 10 aromatic carbocycles. The van der Waals surface area contributed by atoms with Crippen molar-refractivity contribution in [1.82, 2.24) is 0 Å². The van der Waals surface area contributed by atoms with Gasteiger partial charge in [0.2, 0.25) is 0 Å². The van der Waals surface area contributed by atoms with Crippen LogP contribution in [0.3, 0.4) is 0 Å². The van der Waals surface area contributed by atoms with Crippen LogP contribution in [-0.4, -0.2) is 0 Å². The maximum Gasteiger partial charge on any atom is 0.135 e. The van der Waals surface area contributed by atoms with Crippen molar-refractivity contribution in [2.45, 2.75) is 0 Å². The minimum absolute atomic E-state index is 0.875. The molecule has 1 heterocycles. The van der Waals surface area contributed by atoms with Gasteiger partial charge in [-0.1, -0.05) is 176 Å². The van der Waals surface area contributed by atoms with E-state index in [-0.39, 0.29) is 0 Å². The van der Waals surface area contributed by atoms with Crippen molar-refractivity contribution in [3.63, 3.8) is 0 Å². The van der Waals surface area contributed by atoms with Gasteiger partial charge in [-0.25, -0.2) is 0 Å². The minimum atomic E-state index is 0.875. The van der Waals surface area contributed by atoms with Crippen molar-refractivity contribution in [2.75, 3.05) is 4.90 Å². The van der Waals surface area contributed by atoms with Crippen molar-refractivity contribution in [3.8, 4) is 44.5 Å². The van der Waals surface area contributed by atoms with E-state index < -0.39 is 0 Å². The van der Waals surface area contributed by atoms with E-state index in [1.165, 1.54) is 60.5 Å². The molecular formula is C56H37NO. The summed E-state index contributed by atoms with van der Waals surface area (Å²) >= 11 is 0. The van der Waals surface area contributed by atoms with Crippen LogP contribution in [0.5, 0.6) is 0 Å². The van der Waals surface area contributed by atoms with Crippen molar-refractivity contribution in [1.29, 1.82) is 0 Å². The molecule has 0 aliphatic heterocycles. The number of hydrogen-bond donors (Lipinski definition) is 0. The molecule has 0 aliphatic carbocycles. The summed E-state index contributed by atoms with van der Waals surface area (Å²) in [5.74, 6) is 0. The third-order valence-electron chi connectivity index (χ3n) is 11.5. The Kier molecular flexibility index (Phi) is 8.19. The van der Waals surface area contributed by atoms with Crippen LogP contribution in [0.1, 0.15) is 0 Å². The SMILES string of the molecule is c1ccc(-c2ccccc2-c2ccccc2-c2ccccc2N(c2ccc(-c3cc4ccccc4c4ccccc34)cc2)c2ccc3oc4ccccc4c3c2)cc1. The van der Waals surface area contributed by atoms with Crippen LogP contribution < -0.4 is 4.90 Å². The van der Waals surface area contributed by atoms with E-state index in [4.69, 9.17) is 4.42 Å². The van der Waals surface area contributed by atoms with Crippen LogP contribution in [-0.2, 0) is 0 Å². The lowest BCUT2D eigenvalue weighted by atomic mass is 9.88. The van der Waals surface area contributed by atoms with Gasteiger partial charge in [-0.3, -0.25) is 0 Å². The lowest BCUT2D eigenvalue weighted by molar-refractivity contribution is 0.669. The predicted molar refractivity (Wildman–Crippen MR) is 245 cm³/mol. The number of benzene rings is 10. The quantitative estimate of drug-likeness (QED) is 0.151. The highest BCUT2D eigenvalue weighted by Gasteiger charge is 2.21. The molecule has 0 bridgehead atoms. The maximum absolute atomic E-state index is 6.32. The summed E-state index contributed by atoms with van der Waals surface area (Å²) in [4.78, 5) is 2.40. The van der Waals surface area contributed by atoms with Gasteiger partial charge in [0.1, 0.15) is 11.2 Å². The van der Waals surface area contributed by atoms with Gasteiger partial charge in [0, 0.05) is 27.7 Å². The number of anilines is 3. The molecule has 0 N–H and O–H groups in total. The van der Waals surface area contributed by atoms with Gasteiger partial charge >= 0.3 is 0 Å². The summed E-state index contributed by atoms with van der Waals surface area (Å²) in [7, 11) is 0. The minimum Gasteiger partial charge on any atom is -0.456 e. The number of fused-ring (bicyclic) bond motifs is 6. The van der Waals surface area contributed by atoms with E-state index >= 15 is 0 Å². The van der Waals surface area contributed by atoms with Crippen LogP contribution in [0.25, 0.3) is 88.0 Å². The monoisotopic (exact) mass is 739 g/mol. The molecule has 0 fully saturated rings. The molecule has 0 radical (unpaired) electrons. The van der Waals surface area contributed by atoms with Crippen LogP contribution in [0, 0.1) is 0 Å².